The van der Waals surface area contributed by atoms with Gasteiger partial charge in [-0.15, -0.1) is 24.8 Å². The van der Waals surface area contributed by atoms with Crippen molar-refractivity contribution in [2.45, 2.75) is 32.2 Å². The molecule has 1 atom stereocenters. The maximum atomic E-state index is 11.6. The zero-order chi connectivity index (χ0) is 17.5. The molecule has 0 spiro atoms. The van der Waals surface area contributed by atoms with Crippen molar-refractivity contribution in [3.63, 3.8) is 0 Å². The summed E-state index contributed by atoms with van der Waals surface area (Å²) in [7, 11) is 3.05. The van der Waals surface area contributed by atoms with Gasteiger partial charge in [-0.1, -0.05) is 19.8 Å². The number of halogens is 2. The number of hydrogen-bond donors (Lipinski definition) is 1. The molecule has 1 heterocycles. The molecule has 26 heavy (non-hydrogen) atoms. The van der Waals surface area contributed by atoms with E-state index < -0.39 is 0 Å². The summed E-state index contributed by atoms with van der Waals surface area (Å²) in [6, 6.07) is 3.28. The van der Waals surface area contributed by atoms with Crippen molar-refractivity contribution in [1.82, 2.24) is 10.2 Å². The van der Waals surface area contributed by atoms with Crippen LogP contribution in [0.4, 0.5) is 5.69 Å². The van der Waals surface area contributed by atoms with E-state index in [0.29, 0.717) is 17.1 Å². The molecule has 1 aromatic carbocycles. The number of methoxy groups -OCH3 is 2. The van der Waals surface area contributed by atoms with E-state index in [1.807, 2.05) is 0 Å². The lowest BCUT2D eigenvalue weighted by molar-refractivity contribution is -0.386. The number of benzene rings is 1. The topological polar surface area (TPSA) is 76.9 Å². The molecule has 1 aliphatic heterocycles. The Morgan fingerprint density at radius 1 is 1.19 bits per heavy atom. The van der Waals surface area contributed by atoms with Crippen LogP contribution < -0.4 is 14.8 Å². The molecule has 0 saturated carbocycles. The van der Waals surface area contributed by atoms with Gasteiger partial charge < -0.3 is 14.8 Å². The lowest BCUT2D eigenvalue weighted by Crippen LogP contribution is -2.45. The first-order valence-corrected chi connectivity index (χ1v) is 8.47. The predicted octanol–water partition coefficient (Wildman–Crippen LogP) is 3.59. The van der Waals surface area contributed by atoms with E-state index in [1.165, 1.54) is 13.2 Å². The molecule has 1 aliphatic rings. The summed E-state index contributed by atoms with van der Waals surface area (Å²) in [4.78, 5) is 13.6. The fourth-order valence-electron chi connectivity index (χ4n) is 3.24. The van der Waals surface area contributed by atoms with Crippen molar-refractivity contribution in [2.24, 2.45) is 0 Å². The van der Waals surface area contributed by atoms with Crippen LogP contribution in [0, 0.1) is 10.1 Å². The summed E-state index contributed by atoms with van der Waals surface area (Å²) in [5.74, 6) is 0.928. The second-order valence-corrected chi connectivity index (χ2v) is 5.97. The Morgan fingerprint density at radius 2 is 1.77 bits per heavy atom. The lowest BCUT2D eigenvalue weighted by atomic mass is 9.96. The van der Waals surface area contributed by atoms with Crippen LogP contribution in [-0.2, 0) is 0 Å². The predicted molar refractivity (Wildman–Crippen MR) is 107 cm³/mol. The summed E-state index contributed by atoms with van der Waals surface area (Å²) >= 11 is 0. The molecule has 2 rings (SSSR count). The van der Waals surface area contributed by atoms with Gasteiger partial charge in [0.1, 0.15) is 0 Å². The van der Waals surface area contributed by atoms with Crippen molar-refractivity contribution in [2.75, 3.05) is 40.4 Å². The molecular formula is C17H29Cl2N3O4. The number of nitrogens with one attached hydrogen (secondary N) is 1. The molecule has 0 aromatic heterocycles. The SMILES string of the molecule is CCCC[C@@H](c1cc(OC)c(OC)cc1[N+](=O)[O-])N1CCNCC1.Cl.Cl. The summed E-state index contributed by atoms with van der Waals surface area (Å²) < 4.78 is 10.6. The summed E-state index contributed by atoms with van der Waals surface area (Å²) in [6.45, 7) is 5.73. The number of rotatable bonds is 8. The van der Waals surface area contributed by atoms with Gasteiger partial charge in [0.25, 0.3) is 5.69 Å². The number of piperazine rings is 1. The van der Waals surface area contributed by atoms with Crippen molar-refractivity contribution in [1.29, 1.82) is 0 Å². The van der Waals surface area contributed by atoms with Crippen LogP contribution in [0.3, 0.4) is 0 Å². The van der Waals surface area contributed by atoms with E-state index in [4.69, 9.17) is 9.47 Å². The summed E-state index contributed by atoms with van der Waals surface area (Å²) in [5.41, 5.74) is 0.820. The van der Waals surface area contributed by atoms with Crippen molar-refractivity contribution in [3.8, 4) is 11.5 Å². The summed E-state index contributed by atoms with van der Waals surface area (Å²) in [5, 5.41) is 15.0. The Bertz CT molecular complexity index is 569. The van der Waals surface area contributed by atoms with Crippen molar-refractivity contribution < 1.29 is 14.4 Å². The first-order valence-electron chi connectivity index (χ1n) is 8.47. The average Bonchev–Trinajstić information content (AvgIpc) is 2.62. The molecule has 7 nitrogen and oxygen atoms in total. The molecule has 1 N–H and O–H groups in total. The standard InChI is InChI=1S/C17H27N3O4.2ClH/c1-4-5-6-14(19-9-7-18-8-10-19)13-11-16(23-2)17(24-3)12-15(13)20(21)22;;/h11-12,14,18H,4-10H2,1-3H3;2*1H/t14-;;/m0../s1. The van der Waals surface area contributed by atoms with E-state index >= 15 is 0 Å². The van der Waals surface area contributed by atoms with Gasteiger partial charge in [-0.2, -0.15) is 0 Å². The second kappa shape index (κ2) is 12.2. The number of hydrogen-bond acceptors (Lipinski definition) is 6. The number of nitro groups is 1. The molecule has 1 saturated heterocycles. The highest BCUT2D eigenvalue weighted by Crippen LogP contribution is 2.40. The number of ether oxygens (including phenoxy) is 2. The van der Waals surface area contributed by atoms with Gasteiger partial charge in [0.2, 0.25) is 0 Å². The van der Waals surface area contributed by atoms with Gasteiger partial charge in [-0.05, 0) is 12.5 Å². The summed E-state index contributed by atoms with van der Waals surface area (Å²) in [6.07, 6.45) is 2.98. The Labute approximate surface area is 167 Å². The molecule has 150 valence electrons. The maximum Gasteiger partial charge on any atom is 0.278 e. The number of nitrogens with zero attached hydrogens (tertiary/aromatic N) is 2. The quantitative estimate of drug-likeness (QED) is 0.521. The van der Waals surface area contributed by atoms with Crippen LogP contribution in [-0.4, -0.2) is 50.2 Å². The minimum atomic E-state index is -0.321. The van der Waals surface area contributed by atoms with E-state index in [9.17, 15) is 10.1 Å². The van der Waals surface area contributed by atoms with Gasteiger partial charge in [-0.25, -0.2) is 0 Å². The third-order valence-electron chi connectivity index (χ3n) is 4.51. The third-order valence-corrected chi connectivity index (χ3v) is 4.51. The first-order chi connectivity index (χ1) is 11.6. The smallest absolute Gasteiger partial charge is 0.278 e. The maximum absolute atomic E-state index is 11.6. The fraction of sp³-hybridized carbons (Fsp3) is 0.647. The monoisotopic (exact) mass is 409 g/mol. The van der Waals surface area contributed by atoms with Crippen LogP contribution in [0.25, 0.3) is 0 Å². The van der Waals surface area contributed by atoms with Crippen molar-refractivity contribution >= 4 is 30.5 Å². The highest BCUT2D eigenvalue weighted by atomic mass is 35.5. The Morgan fingerprint density at radius 3 is 2.27 bits per heavy atom. The highest BCUT2D eigenvalue weighted by Gasteiger charge is 2.30. The van der Waals surface area contributed by atoms with E-state index in [-0.39, 0.29) is 41.5 Å². The third kappa shape index (κ3) is 5.87. The normalized spacial score (nSPS) is 15.3. The Kier molecular flexibility index (Phi) is 11.6. The number of nitro benzene ring substituents is 1. The van der Waals surface area contributed by atoms with E-state index in [0.717, 1.165) is 45.4 Å². The van der Waals surface area contributed by atoms with Gasteiger partial charge in [0.15, 0.2) is 11.5 Å². The molecule has 0 aliphatic carbocycles. The van der Waals surface area contributed by atoms with Crippen LogP contribution >= 0.6 is 24.8 Å². The van der Waals surface area contributed by atoms with E-state index in [2.05, 4.69) is 17.1 Å². The highest BCUT2D eigenvalue weighted by molar-refractivity contribution is 5.85. The molecule has 0 bridgehead atoms. The molecule has 0 amide bonds. The first kappa shape index (κ1) is 24.7. The zero-order valence-electron chi connectivity index (χ0n) is 15.5. The number of unbranched alkanes of at least 4 members (excludes halogenated alkanes) is 1. The minimum Gasteiger partial charge on any atom is -0.493 e. The Hall–Kier alpha value is -1.28. The van der Waals surface area contributed by atoms with Gasteiger partial charge in [0.05, 0.1) is 30.8 Å². The lowest BCUT2D eigenvalue weighted by Gasteiger charge is -2.35. The zero-order valence-corrected chi connectivity index (χ0v) is 17.2. The molecule has 0 radical (unpaired) electrons. The molecule has 1 fully saturated rings. The minimum absolute atomic E-state index is 0. The van der Waals surface area contributed by atoms with Crippen LogP contribution in [0.15, 0.2) is 12.1 Å². The van der Waals surface area contributed by atoms with Crippen LogP contribution in [0.1, 0.15) is 37.8 Å². The van der Waals surface area contributed by atoms with Gasteiger partial charge in [-0.3, -0.25) is 15.0 Å². The van der Waals surface area contributed by atoms with Gasteiger partial charge >= 0.3 is 0 Å². The van der Waals surface area contributed by atoms with Crippen molar-refractivity contribution in [3.05, 3.63) is 27.8 Å². The molecule has 9 heteroatoms. The van der Waals surface area contributed by atoms with Crippen LogP contribution in [0.5, 0.6) is 11.5 Å². The average molecular weight is 410 g/mol. The van der Waals surface area contributed by atoms with Gasteiger partial charge in [0, 0.05) is 32.2 Å². The Balaban J connectivity index is 0.00000312. The largest absolute Gasteiger partial charge is 0.493 e. The molecule has 1 aromatic rings. The molecule has 0 unspecified atom stereocenters. The van der Waals surface area contributed by atoms with Crippen LogP contribution in [0.2, 0.25) is 0 Å². The molecular weight excluding hydrogens is 381 g/mol. The second-order valence-electron chi connectivity index (χ2n) is 5.97. The fourth-order valence-corrected chi connectivity index (χ4v) is 3.24. The van der Waals surface area contributed by atoms with E-state index in [1.54, 1.807) is 13.2 Å².